The molecule has 0 bridgehead atoms. The number of hydrogen-bond donors (Lipinski definition) is 1. The van der Waals surface area contributed by atoms with Gasteiger partial charge in [0.25, 0.3) is 0 Å². The number of aromatic nitrogens is 3. The van der Waals surface area contributed by atoms with E-state index >= 15 is 0 Å². The maximum Gasteiger partial charge on any atom is 0.234 e. The molecule has 156 valence electrons. The summed E-state index contributed by atoms with van der Waals surface area (Å²) in [5, 5.41) is 12.3. The van der Waals surface area contributed by atoms with Gasteiger partial charge in [-0.25, -0.2) is 4.39 Å². The first-order chi connectivity index (χ1) is 14.5. The summed E-state index contributed by atoms with van der Waals surface area (Å²) in [5.74, 6) is 0.837. The summed E-state index contributed by atoms with van der Waals surface area (Å²) in [6.45, 7) is 6.36. The number of anilines is 1. The van der Waals surface area contributed by atoms with Crippen molar-refractivity contribution in [2.75, 3.05) is 11.1 Å². The fourth-order valence-corrected chi connectivity index (χ4v) is 3.44. The fourth-order valence-electron chi connectivity index (χ4n) is 2.56. The lowest BCUT2D eigenvalue weighted by atomic mass is 10.2. The highest BCUT2D eigenvalue weighted by atomic mass is 35.5. The number of halogens is 2. The third-order valence-electron chi connectivity index (χ3n) is 4.06. The number of nitrogens with one attached hydrogen (secondary N) is 1. The molecule has 2 aromatic carbocycles. The van der Waals surface area contributed by atoms with Gasteiger partial charge in [0.2, 0.25) is 5.91 Å². The number of amides is 1. The van der Waals surface area contributed by atoms with E-state index in [1.807, 2.05) is 17.6 Å². The number of carbonyl (C=O) groups is 1. The second-order valence-electron chi connectivity index (χ2n) is 6.34. The molecule has 1 heterocycles. The van der Waals surface area contributed by atoms with E-state index in [0.29, 0.717) is 34.0 Å². The number of carbonyl (C=O) groups excluding carboxylic acids is 1. The highest BCUT2D eigenvalue weighted by Gasteiger charge is 2.14. The number of thioether (sulfide) groups is 1. The third kappa shape index (κ3) is 5.84. The molecule has 0 unspecified atom stereocenters. The zero-order chi connectivity index (χ0) is 21.5. The highest BCUT2D eigenvalue weighted by Crippen LogP contribution is 2.23. The highest BCUT2D eigenvalue weighted by molar-refractivity contribution is 7.99. The van der Waals surface area contributed by atoms with Crippen LogP contribution >= 0.6 is 23.4 Å². The molecule has 0 spiro atoms. The van der Waals surface area contributed by atoms with Gasteiger partial charge < -0.3 is 10.1 Å². The van der Waals surface area contributed by atoms with Gasteiger partial charge >= 0.3 is 0 Å². The number of ether oxygens (including phenoxy) is 1. The van der Waals surface area contributed by atoms with Crippen LogP contribution in [0.1, 0.15) is 11.4 Å². The van der Waals surface area contributed by atoms with Crippen LogP contribution < -0.4 is 10.1 Å². The quantitative estimate of drug-likeness (QED) is 0.375. The minimum Gasteiger partial charge on any atom is -0.486 e. The number of allylic oxidation sites excluding steroid dienone is 1. The molecule has 9 heteroatoms. The van der Waals surface area contributed by atoms with Crippen LogP contribution in [0.15, 0.2) is 60.3 Å². The molecule has 1 aromatic heterocycles. The molecule has 0 aliphatic carbocycles. The van der Waals surface area contributed by atoms with Crippen molar-refractivity contribution in [3.05, 3.63) is 77.3 Å². The average molecular weight is 447 g/mol. The molecule has 0 saturated carbocycles. The van der Waals surface area contributed by atoms with E-state index in [4.69, 9.17) is 16.3 Å². The second kappa shape index (κ2) is 10.3. The van der Waals surface area contributed by atoms with Crippen LogP contribution in [0.3, 0.4) is 0 Å². The zero-order valence-corrected chi connectivity index (χ0v) is 17.8. The molecule has 0 aliphatic rings. The van der Waals surface area contributed by atoms with Crippen LogP contribution in [0.25, 0.3) is 0 Å². The van der Waals surface area contributed by atoms with E-state index in [2.05, 4.69) is 22.1 Å². The first-order valence-corrected chi connectivity index (χ1v) is 10.4. The van der Waals surface area contributed by atoms with E-state index in [1.165, 1.54) is 36.0 Å². The van der Waals surface area contributed by atoms with Crippen molar-refractivity contribution in [2.24, 2.45) is 0 Å². The molecule has 30 heavy (non-hydrogen) atoms. The van der Waals surface area contributed by atoms with Gasteiger partial charge in [0.1, 0.15) is 18.2 Å². The standard InChI is InChI=1S/C21H20ClFN4O2S/c1-3-10-27-19(12-29-17-8-9-18(22)14(2)11-17)25-26-21(27)30-13-20(28)24-16-6-4-15(23)5-7-16/h3-9,11H,1,10,12-13H2,2H3,(H,24,28). The molecule has 0 saturated heterocycles. The summed E-state index contributed by atoms with van der Waals surface area (Å²) in [4.78, 5) is 12.2. The van der Waals surface area contributed by atoms with Crippen LogP contribution in [-0.4, -0.2) is 26.4 Å². The Labute approximate surface area is 183 Å². The normalized spacial score (nSPS) is 10.6. The van der Waals surface area contributed by atoms with Gasteiger partial charge in [-0.2, -0.15) is 0 Å². The lowest BCUT2D eigenvalue weighted by Crippen LogP contribution is -2.15. The smallest absolute Gasteiger partial charge is 0.234 e. The van der Waals surface area contributed by atoms with Gasteiger partial charge in [0.05, 0.1) is 5.75 Å². The van der Waals surface area contributed by atoms with E-state index in [9.17, 15) is 9.18 Å². The van der Waals surface area contributed by atoms with Crippen LogP contribution in [0.4, 0.5) is 10.1 Å². The van der Waals surface area contributed by atoms with Crippen LogP contribution in [0, 0.1) is 12.7 Å². The maximum absolute atomic E-state index is 13.0. The van der Waals surface area contributed by atoms with Gasteiger partial charge in [-0.1, -0.05) is 29.4 Å². The summed E-state index contributed by atoms with van der Waals surface area (Å²) in [5.41, 5.74) is 1.45. The summed E-state index contributed by atoms with van der Waals surface area (Å²) < 4.78 is 20.6. The van der Waals surface area contributed by atoms with Gasteiger partial charge in [0, 0.05) is 17.3 Å². The Morgan fingerprint density at radius 3 is 2.77 bits per heavy atom. The lowest BCUT2D eigenvalue weighted by Gasteiger charge is -2.10. The molecule has 3 aromatic rings. The molecule has 0 radical (unpaired) electrons. The van der Waals surface area contributed by atoms with E-state index in [1.54, 1.807) is 18.2 Å². The second-order valence-corrected chi connectivity index (χ2v) is 7.69. The Bertz CT molecular complexity index is 1040. The Morgan fingerprint density at radius 2 is 2.07 bits per heavy atom. The summed E-state index contributed by atoms with van der Waals surface area (Å²) in [7, 11) is 0. The number of aryl methyl sites for hydroxylation is 1. The average Bonchev–Trinajstić information content (AvgIpc) is 3.11. The predicted octanol–water partition coefficient (Wildman–Crippen LogP) is 4.87. The van der Waals surface area contributed by atoms with Crippen LogP contribution in [-0.2, 0) is 17.9 Å². The Kier molecular flexibility index (Phi) is 7.48. The van der Waals surface area contributed by atoms with E-state index < -0.39 is 0 Å². The first kappa shape index (κ1) is 21.9. The third-order valence-corrected chi connectivity index (χ3v) is 5.45. The van der Waals surface area contributed by atoms with Crippen molar-refractivity contribution in [3.63, 3.8) is 0 Å². The predicted molar refractivity (Wildman–Crippen MR) is 116 cm³/mol. The largest absolute Gasteiger partial charge is 0.486 e. The molecular weight excluding hydrogens is 427 g/mol. The Balaban J connectivity index is 1.61. The zero-order valence-electron chi connectivity index (χ0n) is 16.3. The number of benzene rings is 2. The molecular formula is C21H20ClFN4O2S. The Morgan fingerprint density at radius 1 is 1.30 bits per heavy atom. The van der Waals surface area contributed by atoms with Gasteiger partial charge in [-0.3, -0.25) is 9.36 Å². The number of rotatable bonds is 9. The molecule has 0 fully saturated rings. The van der Waals surface area contributed by atoms with Crippen LogP contribution in [0.2, 0.25) is 5.02 Å². The number of nitrogens with zero attached hydrogens (tertiary/aromatic N) is 3. The monoisotopic (exact) mass is 446 g/mol. The minimum atomic E-state index is -0.358. The summed E-state index contributed by atoms with van der Waals surface area (Å²) in [6.07, 6.45) is 1.72. The van der Waals surface area contributed by atoms with Crippen molar-refractivity contribution in [3.8, 4) is 5.75 Å². The number of hydrogen-bond acceptors (Lipinski definition) is 5. The maximum atomic E-state index is 13.0. The van der Waals surface area contributed by atoms with Crippen molar-refractivity contribution in [2.45, 2.75) is 25.2 Å². The minimum absolute atomic E-state index is 0.129. The van der Waals surface area contributed by atoms with E-state index in [0.717, 1.165) is 5.56 Å². The Hall–Kier alpha value is -2.84. The van der Waals surface area contributed by atoms with Crippen molar-refractivity contribution >= 4 is 35.0 Å². The topological polar surface area (TPSA) is 69.0 Å². The van der Waals surface area contributed by atoms with Gasteiger partial charge in [-0.15, -0.1) is 16.8 Å². The molecule has 0 aliphatic heterocycles. The SMILES string of the molecule is C=CCn1c(COc2ccc(Cl)c(C)c2)nnc1SCC(=O)Nc1ccc(F)cc1. The lowest BCUT2D eigenvalue weighted by molar-refractivity contribution is -0.113. The van der Waals surface area contributed by atoms with Gasteiger partial charge in [-0.05, 0) is 55.0 Å². The fraction of sp³-hybridized carbons (Fsp3) is 0.190. The molecule has 1 N–H and O–H groups in total. The summed E-state index contributed by atoms with van der Waals surface area (Å²) in [6, 6.07) is 11.0. The summed E-state index contributed by atoms with van der Waals surface area (Å²) >= 11 is 7.29. The molecule has 1 amide bonds. The van der Waals surface area contributed by atoms with E-state index in [-0.39, 0.29) is 24.1 Å². The van der Waals surface area contributed by atoms with Crippen molar-refractivity contribution in [1.29, 1.82) is 0 Å². The van der Waals surface area contributed by atoms with Gasteiger partial charge in [0.15, 0.2) is 11.0 Å². The molecule has 3 rings (SSSR count). The van der Waals surface area contributed by atoms with Crippen LogP contribution in [0.5, 0.6) is 5.75 Å². The van der Waals surface area contributed by atoms with Crippen molar-refractivity contribution in [1.82, 2.24) is 14.8 Å². The molecule has 6 nitrogen and oxygen atoms in total. The molecule has 0 atom stereocenters. The van der Waals surface area contributed by atoms with Crippen molar-refractivity contribution < 1.29 is 13.9 Å². The first-order valence-electron chi connectivity index (χ1n) is 9.06.